The summed E-state index contributed by atoms with van der Waals surface area (Å²) in [6, 6.07) is 7.72. The molecule has 18 heavy (non-hydrogen) atoms. The molecule has 2 aromatic rings. The summed E-state index contributed by atoms with van der Waals surface area (Å²) in [5.41, 5.74) is 1.36. The fourth-order valence-electron chi connectivity index (χ4n) is 1.56. The summed E-state index contributed by atoms with van der Waals surface area (Å²) >= 11 is 0. The summed E-state index contributed by atoms with van der Waals surface area (Å²) in [5.74, 6) is 0.710. The number of carbonyl (C=O) groups is 1. The molecule has 0 radical (unpaired) electrons. The van der Waals surface area contributed by atoms with Crippen molar-refractivity contribution in [2.45, 2.75) is 32.9 Å². The third kappa shape index (κ3) is 3.23. The van der Waals surface area contributed by atoms with Gasteiger partial charge in [0.1, 0.15) is 11.4 Å². The molecule has 1 aromatic heterocycles. The van der Waals surface area contributed by atoms with E-state index in [0.29, 0.717) is 12.4 Å². The van der Waals surface area contributed by atoms with E-state index in [9.17, 15) is 4.79 Å². The van der Waals surface area contributed by atoms with Crippen LogP contribution in [-0.2, 0) is 11.3 Å². The number of ether oxygens (including phenoxy) is 1. The first-order chi connectivity index (χ1) is 8.44. The Bertz CT molecular complexity index is 522. The zero-order valence-electron chi connectivity index (χ0n) is 10.8. The van der Waals surface area contributed by atoms with Crippen LogP contribution in [0.15, 0.2) is 24.3 Å². The number of benzene rings is 1. The van der Waals surface area contributed by atoms with Crippen LogP contribution >= 0.6 is 0 Å². The molecule has 0 atom stereocenters. The highest BCUT2D eigenvalue weighted by molar-refractivity contribution is 5.75. The van der Waals surface area contributed by atoms with E-state index in [2.05, 4.69) is 15.3 Å². The second-order valence-corrected chi connectivity index (χ2v) is 5.06. The van der Waals surface area contributed by atoms with E-state index in [1.807, 2.05) is 45.0 Å². The molecule has 96 valence electrons. The molecular weight excluding hydrogens is 230 g/mol. The van der Waals surface area contributed by atoms with E-state index in [-0.39, 0.29) is 0 Å². The number of nitrogens with one attached hydrogen (secondary N) is 2. The van der Waals surface area contributed by atoms with Crippen molar-refractivity contribution in [1.82, 2.24) is 15.3 Å². The smallest absolute Gasteiger partial charge is 0.408 e. The summed E-state index contributed by atoms with van der Waals surface area (Å²) in [5, 5.41) is 2.66. The molecule has 1 heterocycles. The van der Waals surface area contributed by atoms with E-state index in [1.165, 1.54) is 0 Å². The standard InChI is InChI=1S/C13H17N3O2/c1-13(2,3)18-12(17)14-8-11-15-9-6-4-5-7-10(9)16-11/h4-7H,8H2,1-3H3,(H,14,17)(H,15,16). The first kappa shape index (κ1) is 12.4. The van der Waals surface area contributed by atoms with E-state index in [4.69, 9.17) is 4.74 Å². The lowest BCUT2D eigenvalue weighted by Gasteiger charge is -2.19. The number of H-pyrrole nitrogens is 1. The number of hydrogen-bond donors (Lipinski definition) is 2. The van der Waals surface area contributed by atoms with Gasteiger partial charge in [-0.15, -0.1) is 0 Å². The van der Waals surface area contributed by atoms with Crippen molar-refractivity contribution in [3.63, 3.8) is 0 Å². The number of carbonyl (C=O) groups excluding carboxylic acids is 1. The van der Waals surface area contributed by atoms with Crippen LogP contribution in [0, 0.1) is 0 Å². The number of amides is 1. The lowest BCUT2D eigenvalue weighted by atomic mass is 10.2. The van der Waals surface area contributed by atoms with Crippen LogP contribution in [0.3, 0.4) is 0 Å². The molecule has 2 N–H and O–H groups in total. The lowest BCUT2D eigenvalue weighted by molar-refractivity contribution is 0.0522. The summed E-state index contributed by atoms with van der Waals surface area (Å²) < 4.78 is 5.14. The quantitative estimate of drug-likeness (QED) is 0.857. The molecule has 0 saturated heterocycles. The van der Waals surface area contributed by atoms with Crippen molar-refractivity contribution in [3.8, 4) is 0 Å². The number of aromatic nitrogens is 2. The van der Waals surface area contributed by atoms with E-state index in [1.54, 1.807) is 0 Å². The molecule has 0 fully saturated rings. The van der Waals surface area contributed by atoms with Gasteiger partial charge in [0.25, 0.3) is 0 Å². The second-order valence-electron chi connectivity index (χ2n) is 5.06. The molecule has 0 unspecified atom stereocenters. The predicted molar refractivity (Wildman–Crippen MR) is 69.2 cm³/mol. The van der Waals surface area contributed by atoms with Crippen LogP contribution in [0.2, 0.25) is 0 Å². The number of rotatable bonds is 2. The number of alkyl carbamates (subject to hydrolysis) is 1. The van der Waals surface area contributed by atoms with Crippen molar-refractivity contribution in [2.24, 2.45) is 0 Å². The van der Waals surface area contributed by atoms with Crippen LogP contribution < -0.4 is 5.32 Å². The maximum Gasteiger partial charge on any atom is 0.408 e. The fourth-order valence-corrected chi connectivity index (χ4v) is 1.56. The van der Waals surface area contributed by atoms with Crippen LogP contribution in [-0.4, -0.2) is 21.7 Å². The van der Waals surface area contributed by atoms with Crippen LogP contribution in [0.1, 0.15) is 26.6 Å². The lowest BCUT2D eigenvalue weighted by Crippen LogP contribution is -2.32. The Labute approximate surface area is 106 Å². The number of nitrogens with zero attached hydrogens (tertiary/aromatic N) is 1. The Morgan fingerprint density at radius 3 is 2.78 bits per heavy atom. The molecule has 0 aliphatic heterocycles. The Morgan fingerprint density at radius 1 is 1.39 bits per heavy atom. The molecule has 1 amide bonds. The van der Waals surface area contributed by atoms with Crippen molar-refractivity contribution < 1.29 is 9.53 Å². The molecule has 1 aromatic carbocycles. The van der Waals surface area contributed by atoms with Gasteiger partial charge >= 0.3 is 6.09 Å². The molecule has 0 saturated carbocycles. The molecule has 5 nitrogen and oxygen atoms in total. The van der Waals surface area contributed by atoms with Crippen molar-refractivity contribution in [3.05, 3.63) is 30.1 Å². The topological polar surface area (TPSA) is 67.0 Å². The predicted octanol–water partition coefficient (Wildman–Crippen LogP) is 2.59. The Morgan fingerprint density at radius 2 is 2.11 bits per heavy atom. The van der Waals surface area contributed by atoms with Gasteiger partial charge in [-0.3, -0.25) is 0 Å². The van der Waals surface area contributed by atoms with Gasteiger partial charge in [0, 0.05) is 0 Å². The van der Waals surface area contributed by atoms with E-state index < -0.39 is 11.7 Å². The highest BCUT2D eigenvalue weighted by Crippen LogP contribution is 2.10. The fraction of sp³-hybridized carbons (Fsp3) is 0.385. The minimum absolute atomic E-state index is 0.323. The van der Waals surface area contributed by atoms with Gasteiger partial charge in [-0.25, -0.2) is 9.78 Å². The highest BCUT2D eigenvalue weighted by Gasteiger charge is 2.16. The van der Waals surface area contributed by atoms with Gasteiger partial charge in [-0.2, -0.15) is 0 Å². The SMILES string of the molecule is CC(C)(C)OC(=O)NCc1nc2ccccc2[nH]1. The van der Waals surface area contributed by atoms with Gasteiger partial charge in [-0.05, 0) is 32.9 Å². The average molecular weight is 247 g/mol. The zero-order valence-corrected chi connectivity index (χ0v) is 10.8. The maximum absolute atomic E-state index is 11.5. The first-order valence-electron chi connectivity index (χ1n) is 5.84. The highest BCUT2D eigenvalue weighted by atomic mass is 16.6. The molecule has 0 bridgehead atoms. The molecular formula is C13H17N3O2. The molecule has 5 heteroatoms. The Balaban J connectivity index is 1.96. The van der Waals surface area contributed by atoms with Crippen LogP contribution in [0.4, 0.5) is 4.79 Å². The first-order valence-corrected chi connectivity index (χ1v) is 5.84. The summed E-state index contributed by atoms with van der Waals surface area (Å²) in [4.78, 5) is 19.0. The Hall–Kier alpha value is -2.04. The van der Waals surface area contributed by atoms with Gasteiger partial charge in [0.15, 0.2) is 0 Å². The maximum atomic E-state index is 11.5. The molecule has 2 rings (SSSR count). The summed E-state index contributed by atoms with van der Waals surface area (Å²) in [7, 11) is 0. The summed E-state index contributed by atoms with van der Waals surface area (Å²) in [6.45, 7) is 5.80. The molecule has 0 spiro atoms. The van der Waals surface area contributed by atoms with Crippen molar-refractivity contribution in [2.75, 3.05) is 0 Å². The Kier molecular flexibility index (Phi) is 3.23. The normalized spacial score (nSPS) is 11.5. The number of hydrogen-bond acceptors (Lipinski definition) is 3. The van der Waals surface area contributed by atoms with E-state index in [0.717, 1.165) is 11.0 Å². The number of fused-ring (bicyclic) bond motifs is 1. The number of imidazole rings is 1. The summed E-state index contributed by atoms with van der Waals surface area (Å²) in [6.07, 6.45) is -0.442. The largest absolute Gasteiger partial charge is 0.444 e. The molecule has 0 aliphatic carbocycles. The minimum atomic E-state index is -0.488. The van der Waals surface area contributed by atoms with Crippen molar-refractivity contribution >= 4 is 17.1 Å². The van der Waals surface area contributed by atoms with Gasteiger partial charge in [-0.1, -0.05) is 12.1 Å². The third-order valence-electron chi connectivity index (χ3n) is 2.24. The molecule has 0 aliphatic rings. The van der Waals surface area contributed by atoms with Gasteiger partial charge in [0.2, 0.25) is 0 Å². The average Bonchev–Trinajstić information content (AvgIpc) is 2.66. The second kappa shape index (κ2) is 4.68. The van der Waals surface area contributed by atoms with E-state index >= 15 is 0 Å². The van der Waals surface area contributed by atoms with Crippen LogP contribution in [0.25, 0.3) is 11.0 Å². The number of aromatic amines is 1. The number of para-hydroxylation sites is 2. The zero-order chi connectivity index (χ0) is 13.2. The van der Waals surface area contributed by atoms with Crippen molar-refractivity contribution in [1.29, 1.82) is 0 Å². The van der Waals surface area contributed by atoms with Gasteiger partial charge in [0.05, 0.1) is 17.6 Å². The minimum Gasteiger partial charge on any atom is -0.444 e. The van der Waals surface area contributed by atoms with Gasteiger partial charge < -0.3 is 15.0 Å². The third-order valence-corrected chi connectivity index (χ3v) is 2.24. The monoisotopic (exact) mass is 247 g/mol. The van der Waals surface area contributed by atoms with Crippen LogP contribution in [0.5, 0.6) is 0 Å².